The fourth-order valence-corrected chi connectivity index (χ4v) is 4.84. The highest BCUT2D eigenvalue weighted by molar-refractivity contribution is 7.86. The third-order valence-corrected chi connectivity index (χ3v) is 6.68. The van der Waals surface area contributed by atoms with E-state index in [2.05, 4.69) is 10.1 Å². The van der Waals surface area contributed by atoms with E-state index in [0.29, 0.717) is 13.1 Å². The first-order valence-electron chi connectivity index (χ1n) is 8.62. The molecule has 26 heavy (non-hydrogen) atoms. The average molecular weight is 379 g/mol. The lowest BCUT2D eigenvalue weighted by Gasteiger charge is -2.38. The average Bonchev–Trinajstić information content (AvgIpc) is 3.14. The van der Waals surface area contributed by atoms with E-state index in [0.717, 1.165) is 11.3 Å². The molecule has 1 aromatic carbocycles. The first-order valence-corrected chi connectivity index (χ1v) is 10.0. The van der Waals surface area contributed by atoms with E-state index in [9.17, 15) is 8.42 Å². The summed E-state index contributed by atoms with van der Waals surface area (Å²) in [7, 11) is -1.95. The largest absolute Gasteiger partial charge is 0.373 e. The lowest BCUT2D eigenvalue weighted by Crippen LogP contribution is -2.52. The maximum atomic E-state index is 13.0. The Morgan fingerprint density at radius 1 is 1.19 bits per heavy atom. The molecule has 1 fully saturated rings. The summed E-state index contributed by atoms with van der Waals surface area (Å²) < 4.78 is 36.3. The number of aromatic nitrogens is 3. The molecule has 1 aromatic heterocycles. The smallest absolute Gasteiger partial charge is 0.282 e. The Kier molecular flexibility index (Phi) is 5.42. The highest BCUT2D eigenvalue weighted by Gasteiger charge is 2.35. The van der Waals surface area contributed by atoms with Crippen LogP contribution < -0.4 is 0 Å². The molecule has 0 N–H and O–H groups in total. The Hall–Kier alpha value is -1.81. The van der Waals surface area contributed by atoms with Crippen LogP contribution in [-0.2, 0) is 14.9 Å². The summed E-state index contributed by atoms with van der Waals surface area (Å²) in [4.78, 5) is 3.93. The zero-order valence-electron chi connectivity index (χ0n) is 15.5. The van der Waals surface area contributed by atoms with Gasteiger partial charge in [0, 0.05) is 26.2 Å². The summed E-state index contributed by atoms with van der Waals surface area (Å²) in [5.74, 6) is 0. The predicted molar refractivity (Wildman–Crippen MR) is 98.0 cm³/mol. The second-order valence-electron chi connectivity index (χ2n) is 6.71. The van der Waals surface area contributed by atoms with E-state index in [4.69, 9.17) is 4.74 Å². The van der Waals surface area contributed by atoms with Crippen LogP contribution in [-0.4, -0.2) is 64.1 Å². The third-order valence-electron chi connectivity index (χ3n) is 4.68. The van der Waals surface area contributed by atoms with Gasteiger partial charge >= 0.3 is 0 Å². The Balaban J connectivity index is 1.77. The molecule has 0 radical (unpaired) electrons. The summed E-state index contributed by atoms with van der Waals surface area (Å²) in [6.07, 6.45) is 2.87. The van der Waals surface area contributed by atoms with E-state index in [-0.39, 0.29) is 18.2 Å². The fourth-order valence-electron chi connectivity index (χ4n) is 3.16. The molecule has 1 aliphatic rings. The van der Waals surface area contributed by atoms with Crippen molar-refractivity contribution in [2.24, 2.45) is 0 Å². The number of benzene rings is 1. The molecule has 0 amide bonds. The van der Waals surface area contributed by atoms with Gasteiger partial charge in [0.05, 0.1) is 17.9 Å². The molecule has 1 aliphatic heterocycles. The van der Waals surface area contributed by atoms with Gasteiger partial charge in [-0.25, -0.2) is 9.67 Å². The molecule has 2 heterocycles. The summed E-state index contributed by atoms with van der Waals surface area (Å²) >= 11 is 0. The first-order chi connectivity index (χ1) is 12.3. The molecule has 0 spiro atoms. The van der Waals surface area contributed by atoms with Crippen LogP contribution in [0.5, 0.6) is 0 Å². The molecular formula is C17H25N5O3S. The molecular weight excluding hydrogens is 354 g/mol. The standard InChI is InChI=1S/C17H25N5O3S/c1-13-9-21(10-14(2)25-13)26(23,24)20(4)15(3)16-5-7-17(8-6-16)22-12-18-11-19-22/h5-8,11-15H,9-10H2,1-4H3/t13-,14-,15+/m1/s1. The van der Waals surface area contributed by atoms with Crippen LogP contribution >= 0.6 is 0 Å². The summed E-state index contributed by atoms with van der Waals surface area (Å²) in [6, 6.07) is 7.34. The highest BCUT2D eigenvalue weighted by Crippen LogP contribution is 2.26. The minimum Gasteiger partial charge on any atom is -0.373 e. The van der Waals surface area contributed by atoms with Crippen molar-refractivity contribution in [3.63, 3.8) is 0 Å². The molecule has 0 saturated carbocycles. The van der Waals surface area contributed by atoms with Crippen LogP contribution in [0.15, 0.2) is 36.9 Å². The first kappa shape index (κ1) is 19.0. The third kappa shape index (κ3) is 3.80. The van der Waals surface area contributed by atoms with Crippen LogP contribution in [0.1, 0.15) is 32.4 Å². The van der Waals surface area contributed by atoms with E-state index in [1.807, 2.05) is 45.0 Å². The lowest BCUT2D eigenvalue weighted by atomic mass is 10.1. The number of ether oxygens (including phenoxy) is 1. The van der Waals surface area contributed by atoms with Crippen molar-refractivity contribution in [2.45, 2.75) is 39.0 Å². The second kappa shape index (κ2) is 7.43. The Morgan fingerprint density at radius 3 is 2.35 bits per heavy atom. The fraction of sp³-hybridized carbons (Fsp3) is 0.529. The van der Waals surface area contributed by atoms with Crippen LogP contribution in [0.3, 0.4) is 0 Å². The Morgan fingerprint density at radius 2 is 1.81 bits per heavy atom. The van der Waals surface area contributed by atoms with E-state index in [1.165, 1.54) is 14.9 Å². The molecule has 142 valence electrons. The topological polar surface area (TPSA) is 80.6 Å². The van der Waals surface area contributed by atoms with Crippen molar-refractivity contribution in [3.05, 3.63) is 42.5 Å². The van der Waals surface area contributed by atoms with Gasteiger partial charge in [0.25, 0.3) is 10.2 Å². The molecule has 3 rings (SSSR count). The number of morpholine rings is 1. The van der Waals surface area contributed by atoms with Crippen LogP contribution in [0, 0.1) is 0 Å². The molecule has 8 nitrogen and oxygen atoms in total. The van der Waals surface area contributed by atoms with Crippen molar-refractivity contribution in [3.8, 4) is 5.69 Å². The minimum atomic E-state index is -3.57. The van der Waals surface area contributed by atoms with Crippen molar-refractivity contribution in [1.29, 1.82) is 0 Å². The summed E-state index contributed by atoms with van der Waals surface area (Å²) in [5.41, 5.74) is 1.79. The van der Waals surface area contributed by atoms with Gasteiger partial charge in [-0.1, -0.05) is 12.1 Å². The van der Waals surface area contributed by atoms with Gasteiger partial charge in [0.1, 0.15) is 12.7 Å². The van der Waals surface area contributed by atoms with Gasteiger partial charge in [0.15, 0.2) is 0 Å². The van der Waals surface area contributed by atoms with E-state index < -0.39 is 10.2 Å². The van der Waals surface area contributed by atoms with Gasteiger partial charge in [-0.3, -0.25) is 0 Å². The predicted octanol–water partition coefficient (Wildman–Crippen LogP) is 1.61. The molecule has 2 aromatic rings. The molecule has 0 aliphatic carbocycles. The maximum Gasteiger partial charge on any atom is 0.282 e. The summed E-state index contributed by atoms with van der Waals surface area (Å²) in [6.45, 7) is 6.41. The highest BCUT2D eigenvalue weighted by atomic mass is 32.2. The molecule has 0 bridgehead atoms. The monoisotopic (exact) mass is 379 g/mol. The van der Waals surface area contributed by atoms with Gasteiger partial charge in [-0.05, 0) is 38.5 Å². The van der Waals surface area contributed by atoms with E-state index >= 15 is 0 Å². The van der Waals surface area contributed by atoms with Crippen LogP contribution in [0.4, 0.5) is 0 Å². The van der Waals surface area contributed by atoms with Gasteiger partial charge in [0.2, 0.25) is 0 Å². The Labute approximate surface area is 154 Å². The molecule has 1 saturated heterocycles. The molecule has 9 heteroatoms. The van der Waals surface area contributed by atoms with Crippen molar-refractivity contribution in [2.75, 3.05) is 20.1 Å². The van der Waals surface area contributed by atoms with Crippen LogP contribution in [0.2, 0.25) is 0 Å². The lowest BCUT2D eigenvalue weighted by molar-refractivity contribution is -0.0455. The normalized spacial score (nSPS) is 23.3. The van der Waals surface area contributed by atoms with Crippen LogP contribution in [0.25, 0.3) is 5.69 Å². The van der Waals surface area contributed by atoms with Gasteiger partial charge < -0.3 is 4.74 Å². The molecule has 3 atom stereocenters. The van der Waals surface area contributed by atoms with Crippen molar-refractivity contribution in [1.82, 2.24) is 23.4 Å². The summed E-state index contributed by atoms with van der Waals surface area (Å²) in [5, 5.41) is 4.09. The number of rotatable bonds is 5. The second-order valence-corrected chi connectivity index (χ2v) is 8.69. The maximum absolute atomic E-state index is 13.0. The number of hydrogen-bond donors (Lipinski definition) is 0. The zero-order valence-corrected chi connectivity index (χ0v) is 16.3. The number of hydrogen-bond acceptors (Lipinski definition) is 5. The molecule has 0 unspecified atom stereocenters. The number of nitrogens with zero attached hydrogens (tertiary/aromatic N) is 5. The van der Waals surface area contributed by atoms with E-state index in [1.54, 1.807) is 18.1 Å². The Bertz CT molecular complexity index is 813. The van der Waals surface area contributed by atoms with Crippen molar-refractivity contribution >= 4 is 10.2 Å². The van der Waals surface area contributed by atoms with Crippen molar-refractivity contribution < 1.29 is 13.2 Å². The quantitative estimate of drug-likeness (QED) is 0.788. The zero-order chi connectivity index (χ0) is 18.9. The van der Waals surface area contributed by atoms with Gasteiger partial charge in [-0.2, -0.15) is 22.1 Å². The van der Waals surface area contributed by atoms with Gasteiger partial charge in [-0.15, -0.1) is 0 Å². The SMILES string of the molecule is C[C@@H]1CN(S(=O)(=O)N(C)[C@@H](C)c2ccc(-n3cncn3)cc2)C[C@@H](C)O1. The minimum absolute atomic E-state index is 0.112.